The number of carbonyl (C=O) groups is 1. The highest BCUT2D eigenvalue weighted by Crippen LogP contribution is 1.94. The summed E-state index contributed by atoms with van der Waals surface area (Å²) in [6.45, 7) is 0. The number of amides is 1. The number of hydrogen-bond donors (Lipinski definition) is 1. The number of rotatable bonds is 1. The van der Waals surface area contributed by atoms with E-state index in [-0.39, 0.29) is 11.2 Å². The van der Waals surface area contributed by atoms with E-state index in [2.05, 4.69) is 0 Å². The summed E-state index contributed by atoms with van der Waals surface area (Å²) in [6, 6.07) is 8.76. The van der Waals surface area contributed by atoms with Gasteiger partial charge in [-0.2, -0.15) is 0 Å². The Morgan fingerprint density at radius 2 is 1.67 bits per heavy atom. The van der Waals surface area contributed by atoms with Crippen molar-refractivity contribution in [2.75, 3.05) is 5.34 Å². The lowest BCUT2D eigenvalue weighted by molar-refractivity contribution is 0.100. The monoisotopic (exact) mass is 205 g/mol. The Labute approximate surface area is 81.3 Å². The highest BCUT2D eigenvalue weighted by molar-refractivity contribution is 6.40. The van der Waals surface area contributed by atoms with Gasteiger partial charge in [-0.25, -0.2) is 0 Å². The van der Waals surface area contributed by atoms with Crippen LogP contribution in [-0.4, -0.2) is 11.2 Å². The van der Waals surface area contributed by atoms with Crippen LogP contribution in [0.3, 0.4) is 0 Å². The maximum atomic E-state index is 10.4. The summed E-state index contributed by atoms with van der Waals surface area (Å²) < 4.78 is 0. The van der Waals surface area contributed by atoms with Gasteiger partial charge in [0.2, 0.25) is 5.91 Å². The van der Waals surface area contributed by atoms with Crippen LogP contribution in [0.25, 0.3) is 0 Å². The van der Waals surface area contributed by atoms with Gasteiger partial charge in [-0.1, -0.05) is 18.2 Å². The van der Waals surface area contributed by atoms with Crippen molar-refractivity contribution in [2.45, 2.75) is 0 Å². The second-order valence-corrected chi connectivity index (χ2v) is 2.64. The van der Waals surface area contributed by atoms with Crippen molar-refractivity contribution >= 4 is 29.1 Å². The first-order valence-electron chi connectivity index (χ1n) is 3.19. The highest BCUT2D eigenvalue weighted by atomic mass is 35.5. The molecule has 1 aromatic carbocycles. The third kappa shape index (κ3) is 4.99. The largest absolute Gasteiger partial charge is 0.366 e. The summed E-state index contributed by atoms with van der Waals surface area (Å²) in [7, 11) is 0. The minimum absolute atomic E-state index is 0.194. The minimum atomic E-state index is -0.379. The molecule has 4 heteroatoms. The Morgan fingerprint density at radius 3 is 1.92 bits per heavy atom. The number of halogens is 2. The lowest BCUT2D eigenvalue weighted by atomic mass is 10.2. The normalized spacial score (nSPS) is 8.17. The Bertz CT molecular complexity index is 226. The maximum absolute atomic E-state index is 10.4. The molecule has 0 fully saturated rings. The fourth-order valence-electron chi connectivity index (χ4n) is 0.602. The van der Waals surface area contributed by atoms with Gasteiger partial charge in [0.1, 0.15) is 0 Å². The molecule has 66 valence electrons. The lowest BCUT2D eigenvalue weighted by Crippen LogP contribution is -2.09. The van der Waals surface area contributed by atoms with Gasteiger partial charge in [-0.05, 0) is 12.1 Å². The van der Waals surface area contributed by atoms with Gasteiger partial charge >= 0.3 is 0 Å². The Balaban J connectivity index is 0.000000354. The van der Waals surface area contributed by atoms with Gasteiger partial charge in [0.25, 0.3) is 0 Å². The molecular weight excluding hydrogens is 197 g/mol. The molecule has 0 heterocycles. The highest BCUT2D eigenvalue weighted by Gasteiger charge is 1.93. The van der Waals surface area contributed by atoms with Crippen LogP contribution in [0, 0.1) is 0 Å². The molecule has 1 aromatic rings. The standard InChI is InChI=1S/C7H7NO.CH2Cl2/c8-7(9)6-4-2-1-3-5-6;2-1-3/h1-5H,(H2,8,9);1H2. The summed E-state index contributed by atoms with van der Waals surface area (Å²) in [5, 5.41) is 0.194. The topological polar surface area (TPSA) is 43.1 Å². The molecule has 0 aliphatic carbocycles. The first kappa shape index (κ1) is 11.3. The van der Waals surface area contributed by atoms with E-state index in [4.69, 9.17) is 28.9 Å². The van der Waals surface area contributed by atoms with Crippen molar-refractivity contribution < 1.29 is 4.79 Å². The fraction of sp³-hybridized carbons (Fsp3) is 0.125. The number of hydrogen-bond acceptors (Lipinski definition) is 1. The predicted octanol–water partition coefficient (Wildman–Crippen LogP) is 2.21. The van der Waals surface area contributed by atoms with Crippen LogP contribution in [0.2, 0.25) is 0 Å². The van der Waals surface area contributed by atoms with Crippen molar-refractivity contribution in [1.29, 1.82) is 0 Å². The van der Waals surface area contributed by atoms with E-state index in [1.165, 1.54) is 0 Å². The van der Waals surface area contributed by atoms with E-state index < -0.39 is 0 Å². The maximum Gasteiger partial charge on any atom is 0.248 e. The van der Waals surface area contributed by atoms with Crippen molar-refractivity contribution in [1.82, 2.24) is 0 Å². The number of carbonyl (C=O) groups excluding carboxylic acids is 1. The van der Waals surface area contributed by atoms with Gasteiger partial charge in [-0.3, -0.25) is 4.79 Å². The smallest absolute Gasteiger partial charge is 0.248 e. The molecule has 0 spiro atoms. The van der Waals surface area contributed by atoms with E-state index in [1.54, 1.807) is 24.3 Å². The Morgan fingerprint density at radius 1 is 1.25 bits per heavy atom. The quantitative estimate of drug-likeness (QED) is 0.703. The SMILES string of the molecule is ClCCl.NC(=O)c1ccccc1. The molecule has 12 heavy (non-hydrogen) atoms. The average molecular weight is 206 g/mol. The van der Waals surface area contributed by atoms with Crippen molar-refractivity contribution in [3.8, 4) is 0 Å². The zero-order valence-corrected chi connectivity index (χ0v) is 7.85. The molecule has 2 nitrogen and oxygen atoms in total. The summed E-state index contributed by atoms with van der Waals surface area (Å²) in [4.78, 5) is 10.4. The van der Waals surface area contributed by atoms with E-state index in [9.17, 15) is 4.79 Å². The van der Waals surface area contributed by atoms with Crippen molar-refractivity contribution in [3.05, 3.63) is 35.9 Å². The molecule has 0 bridgehead atoms. The van der Waals surface area contributed by atoms with E-state index in [1.807, 2.05) is 6.07 Å². The second kappa shape index (κ2) is 6.95. The van der Waals surface area contributed by atoms with Crippen molar-refractivity contribution in [2.24, 2.45) is 5.73 Å². The molecule has 0 unspecified atom stereocenters. The molecular formula is C8H9Cl2NO. The molecule has 0 saturated carbocycles. The zero-order valence-electron chi connectivity index (χ0n) is 6.34. The van der Waals surface area contributed by atoms with Crippen LogP contribution in [0.5, 0.6) is 0 Å². The van der Waals surface area contributed by atoms with Gasteiger partial charge < -0.3 is 5.73 Å². The third-order valence-corrected chi connectivity index (χ3v) is 1.06. The predicted molar refractivity (Wildman–Crippen MR) is 51.5 cm³/mol. The fourth-order valence-corrected chi connectivity index (χ4v) is 0.602. The summed E-state index contributed by atoms with van der Waals surface area (Å²) in [5.74, 6) is -0.379. The lowest BCUT2D eigenvalue weighted by Gasteiger charge is -1.89. The molecule has 0 aliphatic rings. The molecule has 0 aromatic heterocycles. The molecule has 0 saturated heterocycles. The summed E-state index contributed by atoms with van der Waals surface area (Å²) in [5.41, 5.74) is 5.53. The number of nitrogens with two attached hydrogens (primary N) is 1. The summed E-state index contributed by atoms with van der Waals surface area (Å²) >= 11 is 9.53. The molecule has 0 radical (unpaired) electrons. The van der Waals surface area contributed by atoms with E-state index in [0.717, 1.165) is 0 Å². The van der Waals surface area contributed by atoms with E-state index >= 15 is 0 Å². The molecule has 1 amide bonds. The van der Waals surface area contributed by atoms with Gasteiger partial charge in [0, 0.05) is 5.56 Å². The first-order chi connectivity index (χ1) is 5.72. The zero-order chi connectivity index (χ0) is 9.40. The number of benzene rings is 1. The number of primary amides is 1. The third-order valence-electron chi connectivity index (χ3n) is 1.06. The minimum Gasteiger partial charge on any atom is -0.366 e. The Hall–Kier alpha value is -0.730. The first-order valence-corrected chi connectivity index (χ1v) is 4.26. The van der Waals surface area contributed by atoms with Crippen LogP contribution < -0.4 is 5.73 Å². The summed E-state index contributed by atoms with van der Waals surface area (Å²) in [6.07, 6.45) is 0. The Kier molecular flexibility index (Phi) is 6.53. The number of alkyl halides is 2. The molecule has 2 N–H and O–H groups in total. The van der Waals surface area contributed by atoms with Gasteiger partial charge in [0.15, 0.2) is 0 Å². The van der Waals surface area contributed by atoms with Gasteiger partial charge in [0.05, 0.1) is 5.34 Å². The molecule has 0 atom stereocenters. The molecule has 0 aliphatic heterocycles. The van der Waals surface area contributed by atoms with Crippen LogP contribution in [0.15, 0.2) is 30.3 Å². The van der Waals surface area contributed by atoms with Crippen LogP contribution in [0.1, 0.15) is 10.4 Å². The average Bonchev–Trinajstić information content (AvgIpc) is 2.07. The second-order valence-electron chi connectivity index (χ2n) is 1.83. The van der Waals surface area contributed by atoms with Crippen molar-refractivity contribution in [3.63, 3.8) is 0 Å². The van der Waals surface area contributed by atoms with E-state index in [0.29, 0.717) is 5.56 Å². The molecule has 1 rings (SSSR count). The van der Waals surface area contributed by atoms with Gasteiger partial charge in [-0.15, -0.1) is 23.2 Å². The van der Waals surface area contributed by atoms with Crippen LogP contribution in [-0.2, 0) is 0 Å². The van der Waals surface area contributed by atoms with Crippen LogP contribution in [0.4, 0.5) is 0 Å². The van der Waals surface area contributed by atoms with Crippen LogP contribution >= 0.6 is 23.2 Å².